The van der Waals surface area contributed by atoms with Crippen molar-refractivity contribution in [3.63, 3.8) is 0 Å². The van der Waals surface area contributed by atoms with Crippen LogP contribution in [0.25, 0.3) is 17.0 Å². The van der Waals surface area contributed by atoms with Crippen LogP contribution in [0.3, 0.4) is 0 Å². The van der Waals surface area contributed by atoms with Gasteiger partial charge >= 0.3 is 0 Å². The van der Waals surface area contributed by atoms with Gasteiger partial charge in [0.1, 0.15) is 11.6 Å². The molecule has 2 aliphatic rings. The summed E-state index contributed by atoms with van der Waals surface area (Å²) in [6.07, 6.45) is 2.92. The highest BCUT2D eigenvalue weighted by Gasteiger charge is 2.35. The van der Waals surface area contributed by atoms with Gasteiger partial charge in [-0.15, -0.1) is 5.10 Å². The number of fused-ring (bicyclic) bond motifs is 1. The number of hydrogen-bond donors (Lipinski definition) is 3. The molecule has 0 radical (unpaired) electrons. The summed E-state index contributed by atoms with van der Waals surface area (Å²) in [6, 6.07) is 7.56. The molecule has 0 spiro atoms. The lowest BCUT2D eigenvalue weighted by atomic mass is 9.82. The van der Waals surface area contributed by atoms with Crippen molar-refractivity contribution in [3.05, 3.63) is 35.9 Å². The highest BCUT2D eigenvalue weighted by molar-refractivity contribution is 5.79. The van der Waals surface area contributed by atoms with E-state index in [1.807, 2.05) is 31.2 Å². The minimum atomic E-state index is -0.552. The maximum absolute atomic E-state index is 12.7. The molecule has 3 N–H and O–H groups in total. The van der Waals surface area contributed by atoms with Crippen molar-refractivity contribution in [2.45, 2.75) is 57.1 Å². The molecule has 1 amide bonds. The van der Waals surface area contributed by atoms with E-state index in [-0.39, 0.29) is 23.8 Å². The van der Waals surface area contributed by atoms with Crippen LogP contribution in [0.5, 0.6) is 0 Å². The van der Waals surface area contributed by atoms with E-state index in [2.05, 4.69) is 20.4 Å². The van der Waals surface area contributed by atoms with Gasteiger partial charge in [-0.3, -0.25) is 4.79 Å². The zero-order valence-corrected chi connectivity index (χ0v) is 17.6. The third kappa shape index (κ3) is 4.07. The second-order valence-electron chi connectivity index (χ2n) is 8.59. The maximum atomic E-state index is 12.7. The number of amides is 1. The molecule has 2 aromatic heterocycles. The molecular weight excluding hydrogens is 396 g/mol. The predicted molar refractivity (Wildman–Crippen MR) is 114 cm³/mol. The standard InChI is InChI=1S/C22H28N6O3/c1-13-23-20(28(27-13)22-25-16-4-2-3-5-17(16)26-22)15-6-7-19(29)18(12-15)24-21(30)14-8-10-31-11-9-14/h2-5,14-15,18-19,29H,6-12H2,1H3,(H,24,30)(H,25,26)/t15-,18+,19+/m0/s1. The van der Waals surface area contributed by atoms with Crippen LogP contribution >= 0.6 is 0 Å². The first kappa shape index (κ1) is 20.1. The summed E-state index contributed by atoms with van der Waals surface area (Å²) in [5.41, 5.74) is 1.81. The summed E-state index contributed by atoms with van der Waals surface area (Å²) in [4.78, 5) is 25.4. The second-order valence-corrected chi connectivity index (χ2v) is 8.59. The number of aliphatic hydroxyl groups excluding tert-OH is 1. The summed E-state index contributed by atoms with van der Waals surface area (Å²) in [6.45, 7) is 3.10. The summed E-state index contributed by atoms with van der Waals surface area (Å²) < 4.78 is 7.13. The van der Waals surface area contributed by atoms with Gasteiger partial charge < -0.3 is 20.1 Å². The van der Waals surface area contributed by atoms with E-state index in [1.54, 1.807) is 4.68 Å². The van der Waals surface area contributed by atoms with Crippen LogP contribution in [0, 0.1) is 12.8 Å². The van der Waals surface area contributed by atoms with Crippen LogP contribution in [0.1, 0.15) is 49.7 Å². The summed E-state index contributed by atoms with van der Waals surface area (Å²) in [5, 5.41) is 18.2. The number of aryl methyl sites for hydroxylation is 1. The molecule has 1 aromatic carbocycles. The largest absolute Gasteiger partial charge is 0.391 e. The first-order chi connectivity index (χ1) is 15.1. The molecule has 3 atom stereocenters. The number of H-pyrrole nitrogens is 1. The molecule has 31 heavy (non-hydrogen) atoms. The molecule has 1 saturated heterocycles. The number of aliphatic hydroxyl groups is 1. The van der Waals surface area contributed by atoms with Crippen molar-refractivity contribution in [3.8, 4) is 5.95 Å². The fourth-order valence-corrected chi connectivity index (χ4v) is 4.70. The van der Waals surface area contributed by atoms with Crippen LogP contribution in [-0.2, 0) is 9.53 Å². The molecule has 9 nitrogen and oxygen atoms in total. The number of rotatable bonds is 4. The number of para-hydroxylation sites is 2. The third-order valence-electron chi connectivity index (χ3n) is 6.41. The van der Waals surface area contributed by atoms with Crippen LogP contribution < -0.4 is 5.32 Å². The summed E-state index contributed by atoms with van der Waals surface area (Å²) >= 11 is 0. The summed E-state index contributed by atoms with van der Waals surface area (Å²) in [7, 11) is 0. The van der Waals surface area contributed by atoms with Crippen molar-refractivity contribution >= 4 is 16.9 Å². The van der Waals surface area contributed by atoms with E-state index in [1.165, 1.54) is 0 Å². The Morgan fingerprint density at radius 1 is 1.19 bits per heavy atom. The lowest BCUT2D eigenvalue weighted by Crippen LogP contribution is -2.49. The van der Waals surface area contributed by atoms with Crippen molar-refractivity contribution in [1.29, 1.82) is 0 Å². The van der Waals surface area contributed by atoms with Crippen LogP contribution in [0.4, 0.5) is 0 Å². The number of aromatic amines is 1. The molecule has 164 valence electrons. The fourth-order valence-electron chi connectivity index (χ4n) is 4.70. The first-order valence-electron chi connectivity index (χ1n) is 11.0. The Hall–Kier alpha value is -2.78. The van der Waals surface area contributed by atoms with E-state index >= 15 is 0 Å². The number of aromatic nitrogens is 5. The topological polar surface area (TPSA) is 118 Å². The fraction of sp³-hybridized carbons (Fsp3) is 0.545. The van der Waals surface area contributed by atoms with Gasteiger partial charge in [-0.1, -0.05) is 12.1 Å². The third-order valence-corrected chi connectivity index (χ3v) is 6.41. The second kappa shape index (κ2) is 8.39. The van der Waals surface area contributed by atoms with Gasteiger partial charge in [-0.25, -0.2) is 9.97 Å². The smallest absolute Gasteiger partial charge is 0.230 e. The maximum Gasteiger partial charge on any atom is 0.230 e. The quantitative estimate of drug-likeness (QED) is 0.590. The number of imidazole rings is 1. The Bertz CT molecular complexity index is 1040. The van der Waals surface area contributed by atoms with Gasteiger partial charge in [0.05, 0.1) is 23.2 Å². The number of nitrogens with one attached hydrogen (secondary N) is 2. The minimum absolute atomic E-state index is 0.0166. The predicted octanol–water partition coefficient (Wildman–Crippen LogP) is 1.99. The van der Waals surface area contributed by atoms with Crippen molar-refractivity contribution < 1.29 is 14.6 Å². The Morgan fingerprint density at radius 3 is 2.81 bits per heavy atom. The zero-order valence-electron chi connectivity index (χ0n) is 17.6. The molecule has 1 aliphatic heterocycles. The molecular formula is C22H28N6O3. The van der Waals surface area contributed by atoms with Gasteiger partial charge in [-0.2, -0.15) is 4.68 Å². The van der Waals surface area contributed by atoms with E-state index in [4.69, 9.17) is 9.72 Å². The van der Waals surface area contributed by atoms with E-state index < -0.39 is 6.10 Å². The van der Waals surface area contributed by atoms with Crippen molar-refractivity contribution in [1.82, 2.24) is 30.0 Å². The molecule has 0 unspecified atom stereocenters. The molecule has 3 aromatic rings. The molecule has 1 aliphatic carbocycles. The molecule has 0 bridgehead atoms. The average Bonchev–Trinajstić information content (AvgIpc) is 3.39. The normalized spacial score (nSPS) is 25.0. The van der Waals surface area contributed by atoms with Gasteiger partial charge in [0, 0.05) is 25.0 Å². The lowest BCUT2D eigenvalue weighted by Gasteiger charge is -2.34. The number of ether oxygens (including phenoxy) is 1. The SMILES string of the molecule is Cc1nc([C@H]2CC[C@@H](O)[C@H](NC(=O)C3CCOCC3)C2)n(-c2nc3ccccc3[nH]2)n1. The first-order valence-corrected chi connectivity index (χ1v) is 11.0. The molecule has 2 fully saturated rings. The van der Waals surface area contributed by atoms with Gasteiger partial charge in [0.25, 0.3) is 0 Å². The number of hydrogen-bond acceptors (Lipinski definition) is 6. The van der Waals surface area contributed by atoms with E-state index in [0.29, 0.717) is 37.8 Å². The van der Waals surface area contributed by atoms with E-state index in [0.717, 1.165) is 36.1 Å². The van der Waals surface area contributed by atoms with E-state index in [9.17, 15) is 9.90 Å². The molecule has 9 heteroatoms. The summed E-state index contributed by atoms with van der Waals surface area (Å²) in [5.74, 6) is 2.16. The monoisotopic (exact) mass is 424 g/mol. The Labute approximate surface area is 180 Å². The molecule has 1 saturated carbocycles. The zero-order chi connectivity index (χ0) is 21.4. The van der Waals surface area contributed by atoms with Crippen molar-refractivity contribution in [2.75, 3.05) is 13.2 Å². The van der Waals surface area contributed by atoms with Gasteiger partial charge in [0.2, 0.25) is 11.9 Å². The highest BCUT2D eigenvalue weighted by Crippen LogP contribution is 2.33. The lowest BCUT2D eigenvalue weighted by molar-refractivity contribution is -0.129. The van der Waals surface area contributed by atoms with Gasteiger partial charge in [0.15, 0.2) is 0 Å². The Morgan fingerprint density at radius 2 is 2.00 bits per heavy atom. The Kier molecular flexibility index (Phi) is 5.45. The number of benzene rings is 1. The minimum Gasteiger partial charge on any atom is -0.391 e. The average molecular weight is 425 g/mol. The molecule has 5 rings (SSSR count). The van der Waals surface area contributed by atoms with Crippen LogP contribution in [0.15, 0.2) is 24.3 Å². The van der Waals surface area contributed by atoms with Gasteiger partial charge in [-0.05, 0) is 51.2 Å². The number of carbonyl (C=O) groups is 1. The number of carbonyl (C=O) groups excluding carboxylic acids is 1. The number of nitrogens with zero attached hydrogens (tertiary/aromatic N) is 4. The van der Waals surface area contributed by atoms with Crippen molar-refractivity contribution in [2.24, 2.45) is 5.92 Å². The molecule has 3 heterocycles. The van der Waals surface area contributed by atoms with Crippen LogP contribution in [0.2, 0.25) is 0 Å². The highest BCUT2D eigenvalue weighted by atomic mass is 16.5. The van der Waals surface area contributed by atoms with Crippen LogP contribution in [-0.4, -0.2) is 61.1 Å². The Balaban J connectivity index is 1.37.